The van der Waals surface area contributed by atoms with Crippen molar-refractivity contribution in [3.8, 4) is 22.8 Å². The van der Waals surface area contributed by atoms with Gasteiger partial charge in [0.2, 0.25) is 0 Å². The van der Waals surface area contributed by atoms with E-state index in [1.165, 1.54) is 0 Å². The number of benzene rings is 2. The third kappa shape index (κ3) is 4.97. The van der Waals surface area contributed by atoms with Crippen LogP contribution in [0, 0.1) is 0 Å². The number of ether oxygens (including phenoxy) is 2. The number of hydrogen-bond donors (Lipinski definition) is 2. The Labute approximate surface area is 163 Å². The summed E-state index contributed by atoms with van der Waals surface area (Å²) in [6, 6.07) is 16.6. The number of carbonyl (C=O) groups is 1. The van der Waals surface area contributed by atoms with Crippen molar-refractivity contribution < 1.29 is 14.3 Å². The van der Waals surface area contributed by atoms with Gasteiger partial charge < -0.3 is 9.47 Å². The van der Waals surface area contributed by atoms with Crippen LogP contribution in [0.3, 0.4) is 0 Å². The van der Waals surface area contributed by atoms with E-state index in [9.17, 15) is 4.79 Å². The Balaban J connectivity index is 1.61. The molecule has 0 saturated carbocycles. The molecule has 2 N–H and O–H groups in total. The van der Waals surface area contributed by atoms with E-state index >= 15 is 0 Å². The minimum Gasteiger partial charge on any atom is -0.497 e. The molecule has 1 amide bonds. The van der Waals surface area contributed by atoms with E-state index in [1.807, 2.05) is 48.5 Å². The second kappa shape index (κ2) is 9.36. The molecule has 0 fully saturated rings. The molecule has 7 heteroatoms. The van der Waals surface area contributed by atoms with Crippen LogP contribution in [0.25, 0.3) is 11.3 Å². The number of aromatic nitrogens is 2. The largest absolute Gasteiger partial charge is 0.497 e. The molecule has 0 aliphatic rings. The first-order valence-electron chi connectivity index (χ1n) is 8.95. The number of hydrogen-bond acceptors (Lipinski definition) is 5. The van der Waals surface area contributed by atoms with Crippen molar-refractivity contribution in [3.05, 3.63) is 65.9 Å². The lowest BCUT2D eigenvalue weighted by molar-refractivity contribution is 0.0950. The number of nitrogens with zero attached hydrogens (tertiary/aromatic N) is 2. The van der Waals surface area contributed by atoms with Crippen LogP contribution < -0.4 is 14.9 Å². The van der Waals surface area contributed by atoms with Crippen LogP contribution in [0.15, 0.2) is 59.7 Å². The number of methoxy groups -OCH3 is 1. The molecule has 3 aromatic rings. The minimum absolute atomic E-state index is 0.323. The van der Waals surface area contributed by atoms with Gasteiger partial charge >= 0.3 is 0 Å². The molecule has 2 aromatic carbocycles. The molecule has 7 nitrogen and oxygen atoms in total. The molecule has 3 rings (SSSR count). The molecule has 1 aromatic heterocycles. The highest BCUT2D eigenvalue weighted by molar-refractivity contribution is 5.94. The van der Waals surface area contributed by atoms with E-state index in [1.54, 1.807) is 19.4 Å². The number of H-pyrrole nitrogens is 1. The molecule has 0 radical (unpaired) electrons. The molecule has 0 aliphatic carbocycles. The number of nitrogens with one attached hydrogen (secondary N) is 2. The average molecular weight is 378 g/mol. The SMILES string of the molecule is CCCOc1ccc(-c2cc(C(=O)NN=Cc3cccc(OC)c3)[nH]n2)cc1. The van der Waals surface area contributed by atoms with Crippen LogP contribution in [0.5, 0.6) is 11.5 Å². The first kappa shape index (κ1) is 19.2. The van der Waals surface area contributed by atoms with Gasteiger partial charge in [-0.15, -0.1) is 0 Å². The van der Waals surface area contributed by atoms with E-state index in [0.717, 1.165) is 29.0 Å². The average Bonchev–Trinajstić information content (AvgIpc) is 3.23. The highest BCUT2D eigenvalue weighted by Crippen LogP contribution is 2.21. The van der Waals surface area contributed by atoms with Gasteiger partial charge in [0, 0.05) is 5.56 Å². The summed E-state index contributed by atoms with van der Waals surface area (Å²) >= 11 is 0. The maximum Gasteiger partial charge on any atom is 0.289 e. The van der Waals surface area contributed by atoms with E-state index in [2.05, 4.69) is 27.6 Å². The van der Waals surface area contributed by atoms with Crippen LogP contribution >= 0.6 is 0 Å². The second-order valence-corrected chi connectivity index (χ2v) is 6.02. The quantitative estimate of drug-likeness (QED) is 0.463. The fraction of sp³-hybridized carbons (Fsp3) is 0.190. The maximum atomic E-state index is 12.2. The predicted octanol–water partition coefficient (Wildman–Crippen LogP) is 3.64. The Hall–Kier alpha value is -3.61. The molecule has 0 spiro atoms. The van der Waals surface area contributed by atoms with Crippen molar-refractivity contribution in [2.24, 2.45) is 5.10 Å². The number of hydrazone groups is 1. The van der Waals surface area contributed by atoms with Crippen LogP contribution in [0.4, 0.5) is 0 Å². The molecular weight excluding hydrogens is 356 g/mol. The van der Waals surface area contributed by atoms with Gasteiger partial charge in [-0.1, -0.05) is 19.1 Å². The van der Waals surface area contributed by atoms with Crippen LogP contribution in [0.2, 0.25) is 0 Å². The monoisotopic (exact) mass is 378 g/mol. The molecule has 28 heavy (non-hydrogen) atoms. The Morgan fingerprint density at radius 2 is 2.00 bits per heavy atom. The van der Waals surface area contributed by atoms with Gasteiger partial charge in [0.05, 0.1) is 25.6 Å². The van der Waals surface area contributed by atoms with Crippen molar-refractivity contribution in [2.75, 3.05) is 13.7 Å². The van der Waals surface area contributed by atoms with Gasteiger partial charge in [0.25, 0.3) is 5.91 Å². The van der Waals surface area contributed by atoms with Gasteiger partial charge in [-0.05, 0) is 54.4 Å². The van der Waals surface area contributed by atoms with E-state index in [4.69, 9.17) is 9.47 Å². The van der Waals surface area contributed by atoms with E-state index in [0.29, 0.717) is 18.0 Å². The van der Waals surface area contributed by atoms with Gasteiger partial charge in [-0.25, -0.2) is 5.43 Å². The smallest absolute Gasteiger partial charge is 0.289 e. The molecule has 0 unspecified atom stereocenters. The zero-order chi connectivity index (χ0) is 19.8. The topological polar surface area (TPSA) is 88.6 Å². The number of carbonyl (C=O) groups excluding carboxylic acids is 1. The predicted molar refractivity (Wildman–Crippen MR) is 108 cm³/mol. The van der Waals surface area contributed by atoms with Gasteiger partial charge in [0.15, 0.2) is 0 Å². The van der Waals surface area contributed by atoms with Crippen molar-refractivity contribution in [1.29, 1.82) is 0 Å². The van der Waals surface area contributed by atoms with Gasteiger partial charge in [0.1, 0.15) is 17.2 Å². The van der Waals surface area contributed by atoms with E-state index in [-0.39, 0.29) is 5.91 Å². The molecule has 0 saturated heterocycles. The Morgan fingerprint density at radius 1 is 1.18 bits per heavy atom. The van der Waals surface area contributed by atoms with Crippen molar-refractivity contribution in [3.63, 3.8) is 0 Å². The summed E-state index contributed by atoms with van der Waals surface area (Å²) in [5, 5.41) is 10.9. The molecule has 0 atom stereocenters. The fourth-order valence-corrected chi connectivity index (χ4v) is 2.48. The zero-order valence-electron chi connectivity index (χ0n) is 15.8. The van der Waals surface area contributed by atoms with Gasteiger partial charge in [-0.2, -0.15) is 10.2 Å². The van der Waals surface area contributed by atoms with Crippen molar-refractivity contribution >= 4 is 12.1 Å². The third-order valence-corrected chi connectivity index (χ3v) is 3.92. The number of aromatic amines is 1. The highest BCUT2D eigenvalue weighted by atomic mass is 16.5. The fourth-order valence-electron chi connectivity index (χ4n) is 2.48. The van der Waals surface area contributed by atoms with Gasteiger partial charge in [-0.3, -0.25) is 9.89 Å². The lowest BCUT2D eigenvalue weighted by atomic mass is 10.1. The zero-order valence-corrected chi connectivity index (χ0v) is 15.8. The molecule has 1 heterocycles. The lowest BCUT2D eigenvalue weighted by Gasteiger charge is -2.04. The second-order valence-electron chi connectivity index (χ2n) is 6.02. The van der Waals surface area contributed by atoms with Crippen molar-refractivity contribution in [1.82, 2.24) is 15.6 Å². The van der Waals surface area contributed by atoms with Crippen LogP contribution in [-0.2, 0) is 0 Å². The minimum atomic E-state index is -0.374. The summed E-state index contributed by atoms with van der Waals surface area (Å²) in [7, 11) is 1.60. The highest BCUT2D eigenvalue weighted by Gasteiger charge is 2.10. The first-order chi connectivity index (χ1) is 13.7. The number of amides is 1. The summed E-state index contributed by atoms with van der Waals surface area (Å²) in [4.78, 5) is 12.2. The number of rotatable bonds is 8. The Bertz CT molecular complexity index is 948. The molecule has 0 aliphatic heterocycles. The van der Waals surface area contributed by atoms with Crippen LogP contribution in [-0.4, -0.2) is 36.0 Å². The normalized spacial score (nSPS) is 10.8. The summed E-state index contributed by atoms with van der Waals surface area (Å²) in [5.41, 5.74) is 5.18. The molecular formula is C21H22N4O3. The maximum absolute atomic E-state index is 12.2. The van der Waals surface area contributed by atoms with E-state index < -0.39 is 0 Å². The standard InChI is InChI=1S/C21H22N4O3/c1-3-11-28-17-9-7-16(8-10-17)19-13-20(24-23-19)21(26)25-22-14-15-5-4-6-18(12-15)27-2/h4-10,12-14H,3,11H2,1-2H3,(H,23,24)(H,25,26). The summed E-state index contributed by atoms with van der Waals surface area (Å²) in [6.07, 6.45) is 2.51. The van der Waals surface area contributed by atoms with Crippen molar-refractivity contribution in [2.45, 2.75) is 13.3 Å². The Kier molecular flexibility index (Phi) is 6.41. The summed E-state index contributed by atoms with van der Waals surface area (Å²) in [6.45, 7) is 2.74. The third-order valence-electron chi connectivity index (χ3n) is 3.92. The first-order valence-corrected chi connectivity index (χ1v) is 8.95. The lowest BCUT2D eigenvalue weighted by Crippen LogP contribution is -2.18. The Morgan fingerprint density at radius 3 is 2.75 bits per heavy atom. The summed E-state index contributed by atoms with van der Waals surface area (Å²) in [5.74, 6) is 1.16. The molecule has 144 valence electrons. The summed E-state index contributed by atoms with van der Waals surface area (Å²) < 4.78 is 10.7. The molecule has 0 bridgehead atoms. The van der Waals surface area contributed by atoms with Crippen LogP contribution in [0.1, 0.15) is 29.4 Å².